The molecule has 0 atom stereocenters. The van der Waals surface area contributed by atoms with Crippen LogP contribution in [0.5, 0.6) is 0 Å². The molecule has 0 saturated heterocycles. The van der Waals surface area contributed by atoms with Gasteiger partial charge in [-0.3, -0.25) is 4.90 Å². The molecule has 0 spiro atoms. The normalized spacial score (nSPS) is 15.9. The number of nitrogens with zero attached hydrogens (tertiary/aromatic N) is 1. The SMILES string of the molecule is CN1C(=O)O/C(=C\c2ccc(Cl)cc2)c2cc(Br)ccc21. The number of benzene rings is 2. The van der Waals surface area contributed by atoms with Crippen LogP contribution in [0.2, 0.25) is 5.02 Å². The average molecular weight is 365 g/mol. The van der Waals surface area contributed by atoms with Crippen molar-refractivity contribution in [2.45, 2.75) is 0 Å². The van der Waals surface area contributed by atoms with Gasteiger partial charge < -0.3 is 4.74 Å². The highest BCUT2D eigenvalue weighted by Gasteiger charge is 2.26. The summed E-state index contributed by atoms with van der Waals surface area (Å²) in [5.74, 6) is 0.525. The maximum absolute atomic E-state index is 11.9. The highest BCUT2D eigenvalue weighted by atomic mass is 79.9. The molecule has 0 N–H and O–H groups in total. The third-order valence-corrected chi connectivity index (χ3v) is 3.97. The van der Waals surface area contributed by atoms with E-state index in [1.807, 2.05) is 36.4 Å². The molecule has 3 rings (SSSR count). The Bertz CT molecular complexity index is 740. The van der Waals surface area contributed by atoms with Gasteiger partial charge in [0.05, 0.1) is 5.69 Å². The van der Waals surface area contributed by atoms with Gasteiger partial charge in [-0.15, -0.1) is 0 Å². The van der Waals surface area contributed by atoms with E-state index in [0.717, 1.165) is 21.3 Å². The van der Waals surface area contributed by atoms with E-state index in [1.165, 1.54) is 4.90 Å². The fraction of sp³-hybridized carbons (Fsp3) is 0.0625. The maximum Gasteiger partial charge on any atom is 0.419 e. The molecular weight excluding hydrogens is 354 g/mol. The monoisotopic (exact) mass is 363 g/mol. The first-order chi connectivity index (χ1) is 10.0. The molecule has 2 aromatic rings. The van der Waals surface area contributed by atoms with E-state index in [2.05, 4.69) is 15.9 Å². The fourth-order valence-corrected chi connectivity index (χ4v) is 2.62. The predicted octanol–water partition coefficient (Wildman–Crippen LogP) is 5.19. The molecule has 1 aliphatic rings. The zero-order valence-corrected chi connectivity index (χ0v) is 13.5. The third-order valence-electron chi connectivity index (χ3n) is 3.22. The summed E-state index contributed by atoms with van der Waals surface area (Å²) in [6, 6.07) is 13.1. The second kappa shape index (κ2) is 5.54. The molecule has 0 aromatic heterocycles. The van der Waals surface area contributed by atoms with Gasteiger partial charge in [0.1, 0.15) is 5.76 Å². The zero-order valence-electron chi connectivity index (χ0n) is 11.1. The molecule has 0 unspecified atom stereocenters. The van der Waals surface area contributed by atoms with Crippen molar-refractivity contribution in [3.05, 3.63) is 63.1 Å². The van der Waals surface area contributed by atoms with Crippen LogP contribution < -0.4 is 4.90 Å². The van der Waals surface area contributed by atoms with E-state index < -0.39 is 6.09 Å². The fourth-order valence-electron chi connectivity index (χ4n) is 2.13. The lowest BCUT2D eigenvalue weighted by Crippen LogP contribution is -2.31. The van der Waals surface area contributed by atoms with Crippen molar-refractivity contribution in [1.82, 2.24) is 0 Å². The number of rotatable bonds is 1. The number of halogens is 2. The van der Waals surface area contributed by atoms with Gasteiger partial charge in [-0.25, -0.2) is 4.79 Å². The molecular formula is C16H11BrClNO2. The maximum atomic E-state index is 11.9. The first kappa shape index (κ1) is 14.2. The van der Waals surface area contributed by atoms with Gasteiger partial charge in [0.25, 0.3) is 0 Å². The molecule has 1 heterocycles. The van der Waals surface area contributed by atoms with E-state index in [-0.39, 0.29) is 0 Å². The number of cyclic esters (lactones) is 1. The first-order valence-electron chi connectivity index (χ1n) is 6.27. The second-order valence-electron chi connectivity index (χ2n) is 4.65. The molecule has 2 aromatic carbocycles. The summed E-state index contributed by atoms with van der Waals surface area (Å²) in [4.78, 5) is 13.4. The number of anilines is 1. The second-order valence-corrected chi connectivity index (χ2v) is 6.00. The number of fused-ring (bicyclic) bond motifs is 1. The van der Waals surface area contributed by atoms with Gasteiger partial charge in [0.15, 0.2) is 0 Å². The highest BCUT2D eigenvalue weighted by Crippen LogP contribution is 2.36. The minimum absolute atomic E-state index is 0.398. The lowest BCUT2D eigenvalue weighted by Gasteiger charge is -2.27. The van der Waals surface area contributed by atoms with Gasteiger partial charge in [-0.05, 0) is 42.0 Å². The third kappa shape index (κ3) is 2.82. The minimum atomic E-state index is -0.398. The standard InChI is InChI=1S/C16H11BrClNO2/c1-19-14-7-4-11(17)9-13(14)15(21-16(19)20)8-10-2-5-12(18)6-3-10/h2-9H,1H3/b15-8-. The molecule has 21 heavy (non-hydrogen) atoms. The molecule has 5 heteroatoms. The van der Waals surface area contributed by atoms with Crippen molar-refractivity contribution in [3.63, 3.8) is 0 Å². The van der Waals surface area contributed by atoms with Gasteiger partial charge in [0, 0.05) is 22.1 Å². The lowest BCUT2D eigenvalue weighted by atomic mass is 10.1. The van der Waals surface area contributed by atoms with Gasteiger partial charge in [0.2, 0.25) is 0 Å². The van der Waals surface area contributed by atoms with Crippen molar-refractivity contribution in [1.29, 1.82) is 0 Å². The molecule has 106 valence electrons. The van der Waals surface area contributed by atoms with E-state index >= 15 is 0 Å². The summed E-state index contributed by atoms with van der Waals surface area (Å²) in [6.07, 6.45) is 1.43. The topological polar surface area (TPSA) is 29.5 Å². The molecule has 1 amide bonds. The van der Waals surface area contributed by atoms with Crippen molar-refractivity contribution in [3.8, 4) is 0 Å². The Morgan fingerprint density at radius 1 is 1.19 bits per heavy atom. The summed E-state index contributed by atoms with van der Waals surface area (Å²) in [6.45, 7) is 0. The smallest absolute Gasteiger partial charge is 0.409 e. The Morgan fingerprint density at radius 2 is 1.90 bits per heavy atom. The van der Waals surface area contributed by atoms with Crippen molar-refractivity contribution in [2.24, 2.45) is 0 Å². The van der Waals surface area contributed by atoms with E-state index in [0.29, 0.717) is 10.8 Å². The van der Waals surface area contributed by atoms with Gasteiger partial charge in [-0.1, -0.05) is 39.7 Å². The van der Waals surface area contributed by atoms with Gasteiger partial charge in [-0.2, -0.15) is 0 Å². The van der Waals surface area contributed by atoms with Crippen LogP contribution in [0.4, 0.5) is 10.5 Å². The molecule has 0 radical (unpaired) electrons. The Kier molecular flexibility index (Phi) is 3.74. The highest BCUT2D eigenvalue weighted by molar-refractivity contribution is 9.10. The van der Waals surface area contributed by atoms with Crippen LogP contribution in [0.3, 0.4) is 0 Å². The predicted molar refractivity (Wildman–Crippen MR) is 88.3 cm³/mol. The minimum Gasteiger partial charge on any atom is -0.409 e. The number of amides is 1. The van der Waals surface area contributed by atoms with Crippen LogP contribution in [0.25, 0.3) is 11.8 Å². The van der Waals surface area contributed by atoms with Crippen molar-refractivity contribution >= 4 is 51.1 Å². The summed E-state index contributed by atoms with van der Waals surface area (Å²) >= 11 is 9.32. The summed E-state index contributed by atoms with van der Waals surface area (Å²) in [7, 11) is 1.69. The zero-order chi connectivity index (χ0) is 15.0. The van der Waals surface area contributed by atoms with Crippen LogP contribution in [0.1, 0.15) is 11.1 Å². The number of ether oxygens (including phenoxy) is 1. The Balaban J connectivity index is 2.11. The van der Waals surface area contributed by atoms with Crippen LogP contribution in [0, 0.1) is 0 Å². The Morgan fingerprint density at radius 3 is 2.62 bits per heavy atom. The summed E-state index contributed by atoms with van der Waals surface area (Å²) < 4.78 is 6.33. The van der Waals surface area contributed by atoms with Crippen molar-refractivity contribution in [2.75, 3.05) is 11.9 Å². The van der Waals surface area contributed by atoms with Crippen LogP contribution in [0.15, 0.2) is 46.9 Å². The quantitative estimate of drug-likeness (QED) is 0.697. The number of carbonyl (C=O) groups is 1. The first-order valence-corrected chi connectivity index (χ1v) is 7.44. The van der Waals surface area contributed by atoms with E-state index in [9.17, 15) is 4.79 Å². The molecule has 0 fully saturated rings. The van der Waals surface area contributed by atoms with Crippen LogP contribution in [-0.4, -0.2) is 13.1 Å². The largest absolute Gasteiger partial charge is 0.419 e. The Hall–Kier alpha value is -1.78. The lowest BCUT2D eigenvalue weighted by molar-refractivity contribution is 0.199. The average Bonchev–Trinajstić information content (AvgIpc) is 2.47. The van der Waals surface area contributed by atoms with Crippen LogP contribution in [-0.2, 0) is 4.74 Å². The molecule has 0 aliphatic carbocycles. The van der Waals surface area contributed by atoms with Crippen LogP contribution >= 0.6 is 27.5 Å². The molecule has 1 aliphatic heterocycles. The molecule has 0 saturated carbocycles. The van der Waals surface area contributed by atoms with Crippen molar-refractivity contribution < 1.29 is 9.53 Å². The van der Waals surface area contributed by atoms with Gasteiger partial charge >= 0.3 is 6.09 Å². The summed E-state index contributed by atoms with van der Waals surface area (Å²) in [5.41, 5.74) is 2.59. The number of hydrogen-bond donors (Lipinski definition) is 0. The number of hydrogen-bond acceptors (Lipinski definition) is 2. The van der Waals surface area contributed by atoms with E-state index in [1.54, 1.807) is 19.2 Å². The van der Waals surface area contributed by atoms with E-state index in [4.69, 9.17) is 16.3 Å². The Labute approximate surface area is 135 Å². The molecule has 0 bridgehead atoms. The summed E-state index contributed by atoms with van der Waals surface area (Å²) in [5, 5.41) is 0.667. The molecule has 3 nitrogen and oxygen atoms in total. The number of carbonyl (C=O) groups excluding carboxylic acids is 1.